The Hall–Kier alpha value is -0.590. The van der Waals surface area contributed by atoms with Gasteiger partial charge in [0.05, 0.1) is 13.2 Å². The Kier molecular flexibility index (Phi) is 9.78. The number of rotatable bonds is 7. The minimum Gasteiger partial charge on any atom is -0.379 e. The van der Waals surface area contributed by atoms with Gasteiger partial charge in [-0.1, -0.05) is 0 Å². The van der Waals surface area contributed by atoms with Gasteiger partial charge in [0.15, 0.2) is 11.8 Å². The number of morpholine rings is 1. The van der Waals surface area contributed by atoms with Crippen LogP contribution in [0, 0.1) is 6.92 Å². The van der Waals surface area contributed by atoms with Crippen LogP contribution in [0.15, 0.2) is 4.99 Å². The van der Waals surface area contributed by atoms with Gasteiger partial charge in [-0.15, -0.1) is 34.2 Å². The molecule has 2 N–H and O–H groups in total. The highest BCUT2D eigenvalue weighted by Gasteiger charge is 2.29. The summed E-state index contributed by atoms with van der Waals surface area (Å²) in [5.74, 6) is 3.90. The van der Waals surface area contributed by atoms with E-state index in [9.17, 15) is 0 Å². The van der Waals surface area contributed by atoms with Gasteiger partial charge in [0, 0.05) is 44.5 Å². The SMILES string of the molecule is Cc1nnc(CN=C(NCCN2CCOCC2)NCC2(C)CCCS2)n1C.I. The predicted octanol–water partition coefficient (Wildman–Crippen LogP) is 1.39. The van der Waals surface area contributed by atoms with Crippen molar-refractivity contribution >= 4 is 41.7 Å². The molecule has 3 rings (SSSR count). The first-order valence-corrected chi connectivity index (χ1v) is 10.9. The molecule has 2 fully saturated rings. The molecule has 10 heteroatoms. The van der Waals surface area contributed by atoms with Crippen molar-refractivity contribution in [1.29, 1.82) is 0 Å². The van der Waals surface area contributed by atoms with Crippen LogP contribution in [-0.4, -0.2) is 82.1 Å². The molecule has 0 bridgehead atoms. The highest BCUT2D eigenvalue weighted by atomic mass is 127. The van der Waals surface area contributed by atoms with Crippen LogP contribution in [0.4, 0.5) is 0 Å². The lowest BCUT2D eigenvalue weighted by molar-refractivity contribution is 0.0389. The number of ether oxygens (including phenoxy) is 1. The minimum atomic E-state index is 0. The highest BCUT2D eigenvalue weighted by Crippen LogP contribution is 2.36. The minimum absolute atomic E-state index is 0. The smallest absolute Gasteiger partial charge is 0.191 e. The molecule has 2 saturated heterocycles. The van der Waals surface area contributed by atoms with Crippen LogP contribution in [0.3, 0.4) is 0 Å². The van der Waals surface area contributed by atoms with Crippen molar-refractivity contribution in [3.8, 4) is 0 Å². The fourth-order valence-corrected chi connectivity index (χ4v) is 4.56. The van der Waals surface area contributed by atoms with E-state index in [-0.39, 0.29) is 24.0 Å². The fraction of sp³-hybridized carbons (Fsp3) is 0.833. The zero-order valence-corrected chi connectivity index (χ0v) is 20.4. The van der Waals surface area contributed by atoms with E-state index < -0.39 is 0 Å². The third kappa shape index (κ3) is 7.03. The summed E-state index contributed by atoms with van der Waals surface area (Å²) in [6.07, 6.45) is 2.56. The molecule has 1 unspecified atom stereocenters. The van der Waals surface area contributed by atoms with Gasteiger partial charge in [0.25, 0.3) is 0 Å². The normalized spacial score (nSPS) is 23.5. The zero-order chi connectivity index (χ0) is 19.1. The molecule has 2 aliphatic rings. The molecule has 0 aliphatic carbocycles. The standard InChI is InChI=1S/C18H33N7OS.HI/c1-15-22-23-16(24(15)3)13-20-17(21-14-18(2)5-4-12-27-18)19-6-7-25-8-10-26-11-9-25;/h4-14H2,1-3H3,(H2,19,20,21);1H. The lowest BCUT2D eigenvalue weighted by Gasteiger charge is -2.27. The van der Waals surface area contributed by atoms with E-state index in [0.29, 0.717) is 11.3 Å². The largest absolute Gasteiger partial charge is 0.379 e. The summed E-state index contributed by atoms with van der Waals surface area (Å²) in [6, 6.07) is 0. The molecular formula is C18H34IN7OS. The Morgan fingerprint density at radius 3 is 2.71 bits per heavy atom. The maximum atomic E-state index is 5.42. The van der Waals surface area contributed by atoms with E-state index >= 15 is 0 Å². The van der Waals surface area contributed by atoms with Crippen molar-refractivity contribution in [2.24, 2.45) is 12.0 Å². The molecule has 0 saturated carbocycles. The second kappa shape index (κ2) is 11.6. The summed E-state index contributed by atoms with van der Waals surface area (Å²) >= 11 is 2.06. The summed E-state index contributed by atoms with van der Waals surface area (Å²) in [5, 5.41) is 15.4. The first-order valence-electron chi connectivity index (χ1n) is 9.87. The molecule has 1 aromatic rings. The van der Waals surface area contributed by atoms with Gasteiger partial charge in [-0.3, -0.25) is 4.90 Å². The molecule has 0 amide bonds. The van der Waals surface area contributed by atoms with E-state index in [4.69, 9.17) is 9.73 Å². The lowest BCUT2D eigenvalue weighted by Crippen LogP contribution is -2.47. The maximum Gasteiger partial charge on any atom is 0.191 e. The number of thioether (sulfide) groups is 1. The Bertz CT molecular complexity index is 627. The summed E-state index contributed by atoms with van der Waals surface area (Å²) in [6.45, 7) is 11.3. The number of halogens is 1. The zero-order valence-electron chi connectivity index (χ0n) is 17.2. The number of hydrogen-bond donors (Lipinski definition) is 2. The van der Waals surface area contributed by atoms with E-state index in [1.165, 1.54) is 18.6 Å². The highest BCUT2D eigenvalue weighted by molar-refractivity contribution is 14.0. The van der Waals surface area contributed by atoms with Crippen molar-refractivity contribution in [1.82, 2.24) is 30.3 Å². The first kappa shape index (κ1) is 23.7. The average Bonchev–Trinajstić information content (AvgIpc) is 3.25. The van der Waals surface area contributed by atoms with Crippen LogP contribution >= 0.6 is 35.7 Å². The van der Waals surface area contributed by atoms with Crippen LogP contribution in [0.2, 0.25) is 0 Å². The van der Waals surface area contributed by atoms with Crippen LogP contribution in [0.25, 0.3) is 0 Å². The molecular weight excluding hydrogens is 489 g/mol. The number of guanidine groups is 1. The van der Waals surface area contributed by atoms with Gasteiger partial charge >= 0.3 is 0 Å². The summed E-state index contributed by atoms with van der Waals surface area (Å²) in [4.78, 5) is 7.19. The van der Waals surface area contributed by atoms with Crippen LogP contribution in [-0.2, 0) is 18.3 Å². The number of aryl methyl sites for hydroxylation is 1. The second-order valence-corrected chi connectivity index (χ2v) is 9.21. The van der Waals surface area contributed by atoms with Crippen molar-refractivity contribution in [3.05, 3.63) is 11.6 Å². The van der Waals surface area contributed by atoms with Crippen molar-refractivity contribution in [2.45, 2.75) is 38.0 Å². The molecule has 2 aliphatic heterocycles. The lowest BCUT2D eigenvalue weighted by atomic mass is 10.1. The Morgan fingerprint density at radius 2 is 2.07 bits per heavy atom. The second-order valence-electron chi connectivity index (χ2n) is 7.52. The summed E-state index contributed by atoms with van der Waals surface area (Å²) in [5.41, 5.74) is 0. The Labute approximate surface area is 189 Å². The van der Waals surface area contributed by atoms with E-state index in [2.05, 4.69) is 44.4 Å². The molecule has 0 aromatic carbocycles. The van der Waals surface area contributed by atoms with E-state index in [1.807, 2.05) is 18.5 Å². The Morgan fingerprint density at radius 1 is 1.29 bits per heavy atom. The van der Waals surface area contributed by atoms with E-state index in [0.717, 1.165) is 63.5 Å². The first-order chi connectivity index (χ1) is 13.1. The molecule has 0 spiro atoms. The van der Waals surface area contributed by atoms with Crippen molar-refractivity contribution in [3.63, 3.8) is 0 Å². The van der Waals surface area contributed by atoms with E-state index in [1.54, 1.807) is 0 Å². The quantitative estimate of drug-likeness (QED) is 0.318. The maximum absolute atomic E-state index is 5.42. The monoisotopic (exact) mass is 523 g/mol. The van der Waals surface area contributed by atoms with Gasteiger partial charge in [0.2, 0.25) is 0 Å². The number of nitrogens with one attached hydrogen (secondary N) is 2. The Balaban J connectivity index is 0.00000280. The predicted molar refractivity (Wildman–Crippen MR) is 126 cm³/mol. The number of aromatic nitrogens is 3. The molecule has 28 heavy (non-hydrogen) atoms. The van der Waals surface area contributed by atoms with Gasteiger partial charge < -0.3 is 19.9 Å². The molecule has 1 aromatic heterocycles. The third-order valence-electron chi connectivity index (χ3n) is 5.32. The fourth-order valence-electron chi connectivity index (χ4n) is 3.32. The van der Waals surface area contributed by atoms with Gasteiger partial charge in [-0.05, 0) is 32.4 Å². The number of hydrogen-bond acceptors (Lipinski definition) is 6. The topological polar surface area (TPSA) is 79.6 Å². The molecule has 8 nitrogen and oxygen atoms in total. The molecule has 3 heterocycles. The number of nitrogens with zero attached hydrogens (tertiary/aromatic N) is 5. The molecule has 1 atom stereocenters. The van der Waals surface area contributed by atoms with Crippen molar-refractivity contribution in [2.75, 3.05) is 51.7 Å². The van der Waals surface area contributed by atoms with Crippen LogP contribution < -0.4 is 10.6 Å². The van der Waals surface area contributed by atoms with Crippen molar-refractivity contribution < 1.29 is 4.74 Å². The summed E-state index contributed by atoms with van der Waals surface area (Å²) in [7, 11) is 1.98. The van der Waals surface area contributed by atoms with Gasteiger partial charge in [-0.2, -0.15) is 11.8 Å². The van der Waals surface area contributed by atoms with Gasteiger partial charge in [0.1, 0.15) is 12.4 Å². The molecule has 0 radical (unpaired) electrons. The number of aliphatic imine (C=N–C) groups is 1. The third-order valence-corrected chi connectivity index (χ3v) is 6.85. The van der Waals surface area contributed by atoms with Gasteiger partial charge in [-0.25, -0.2) is 4.99 Å². The van der Waals surface area contributed by atoms with Crippen LogP contribution in [0.1, 0.15) is 31.4 Å². The molecule has 160 valence electrons. The van der Waals surface area contributed by atoms with Crippen LogP contribution in [0.5, 0.6) is 0 Å². The summed E-state index contributed by atoms with van der Waals surface area (Å²) < 4.78 is 7.71. The average molecular weight is 523 g/mol.